The van der Waals surface area contributed by atoms with Gasteiger partial charge in [-0.1, -0.05) is 6.07 Å². The van der Waals surface area contributed by atoms with Gasteiger partial charge in [0.25, 0.3) is 0 Å². The molecule has 1 amide bonds. The lowest BCUT2D eigenvalue weighted by Crippen LogP contribution is -2.43. The molecule has 0 aliphatic carbocycles. The smallest absolute Gasteiger partial charge is 0.248 e. The maximum absolute atomic E-state index is 13.2. The van der Waals surface area contributed by atoms with Crippen LogP contribution in [0.3, 0.4) is 0 Å². The number of carbonyl (C=O) groups excluding carboxylic acids is 1. The highest BCUT2D eigenvalue weighted by atomic mass is 32.2. The van der Waals surface area contributed by atoms with Gasteiger partial charge in [-0.3, -0.25) is 9.59 Å². The molecular formula is C22H23N3O4S2. The number of pyridine rings is 1. The molecule has 162 valence electrons. The Balaban J connectivity index is 1.52. The number of nitrogens with one attached hydrogen (secondary N) is 2. The second kappa shape index (κ2) is 8.86. The van der Waals surface area contributed by atoms with Crippen molar-refractivity contribution in [2.45, 2.75) is 22.6 Å². The summed E-state index contributed by atoms with van der Waals surface area (Å²) in [4.78, 5) is 28.1. The second-order valence-electron chi connectivity index (χ2n) is 7.50. The van der Waals surface area contributed by atoms with Crippen molar-refractivity contribution < 1.29 is 13.2 Å². The first-order valence-corrected chi connectivity index (χ1v) is 12.6. The number of benzene rings is 2. The van der Waals surface area contributed by atoms with Crippen molar-refractivity contribution in [2.75, 3.05) is 24.7 Å². The molecule has 2 N–H and O–H groups in total. The number of hydrogen-bond acceptors (Lipinski definition) is 5. The van der Waals surface area contributed by atoms with Gasteiger partial charge in [0.2, 0.25) is 21.5 Å². The fraction of sp³-hybridized carbons (Fsp3) is 0.273. The van der Waals surface area contributed by atoms with Gasteiger partial charge in [0, 0.05) is 35.3 Å². The van der Waals surface area contributed by atoms with E-state index in [1.54, 1.807) is 30.0 Å². The zero-order valence-electron chi connectivity index (χ0n) is 17.0. The number of piperidine rings is 1. The predicted molar refractivity (Wildman–Crippen MR) is 123 cm³/mol. The summed E-state index contributed by atoms with van der Waals surface area (Å²) in [5.74, 6) is -0.590. The highest BCUT2D eigenvalue weighted by Gasteiger charge is 2.33. The lowest BCUT2D eigenvalue weighted by atomic mass is 9.99. The fourth-order valence-electron chi connectivity index (χ4n) is 3.76. The number of aromatic amines is 1. The Morgan fingerprint density at radius 2 is 2.00 bits per heavy atom. The molecule has 0 radical (unpaired) electrons. The van der Waals surface area contributed by atoms with Gasteiger partial charge < -0.3 is 10.3 Å². The minimum absolute atomic E-state index is 0.139. The number of sulfonamides is 1. The quantitative estimate of drug-likeness (QED) is 0.573. The molecule has 1 aliphatic rings. The summed E-state index contributed by atoms with van der Waals surface area (Å²) in [5, 5.41) is 3.56. The van der Waals surface area contributed by atoms with Crippen molar-refractivity contribution in [1.29, 1.82) is 0 Å². The van der Waals surface area contributed by atoms with Crippen LogP contribution < -0.4 is 10.9 Å². The van der Waals surface area contributed by atoms with E-state index in [2.05, 4.69) is 10.3 Å². The summed E-state index contributed by atoms with van der Waals surface area (Å²) in [7, 11) is -3.76. The fourth-order valence-corrected chi connectivity index (χ4v) is 5.78. The van der Waals surface area contributed by atoms with Crippen molar-refractivity contribution >= 4 is 44.3 Å². The molecule has 7 nitrogen and oxygen atoms in total. The van der Waals surface area contributed by atoms with E-state index in [1.165, 1.54) is 16.4 Å². The highest BCUT2D eigenvalue weighted by Crippen LogP contribution is 2.27. The molecule has 0 unspecified atom stereocenters. The van der Waals surface area contributed by atoms with Gasteiger partial charge in [0.05, 0.1) is 10.8 Å². The van der Waals surface area contributed by atoms with Gasteiger partial charge in [0.1, 0.15) is 0 Å². The van der Waals surface area contributed by atoms with Gasteiger partial charge in [0.15, 0.2) is 0 Å². The molecule has 2 aromatic carbocycles. The third-order valence-electron chi connectivity index (χ3n) is 5.43. The maximum atomic E-state index is 13.2. The largest absolute Gasteiger partial charge is 0.326 e. The molecule has 1 aromatic heterocycles. The minimum Gasteiger partial charge on any atom is -0.326 e. The van der Waals surface area contributed by atoms with Gasteiger partial charge >= 0.3 is 0 Å². The van der Waals surface area contributed by atoms with E-state index in [4.69, 9.17) is 0 Å². The van der Waals surface area contributed by atoms with Crippen molar-refractivity contribution in [3.63, 3.8) is 0 Å². The van der Waals surface area contributed by atoms with Crippen LogP contribution in [0, 0.1) is 5.92 Å². The summed E-state index contributed by atoms with van der Waals surface area (Å²) in [6, 6.07) is 15.2. The van der Waals surface area contributed by atoms with Crippen LogP contribution in [0.5, 0.6) is 0 Å². The van der Waals surface area contributed by atoms with Crippen molar-refractivity contribution in [1.82, 2.24) is 9.29 Å². The molecule has 1 atom stereocenters. The van der Waals surface area contributed by atoms with E-state index in [1.807, 2.05) is 30.5 Å². The lowest BCUT2D eigenvalue weighted by Gasteiger charge is -2.31. The van der Waals surface area contributed by atoms with Crippen LogP contribution in [0.15, 0.2) is 69.2 Å². The first kappa shape index (κ1) is 21.6. The third-order valence-corrected chi connectivity index (χ3v) is 8.01. The average Bonchev–Trinajstić information content (AvgIpc) is 2.78. The number of amides is 1. The van der Waals surface area contributed by atoms with Crippen molar-refractivity contribution in [3.05, 3.63) is 65.0 Å². The first-order valence-electron chi connectivity index (χ1n) is 9.95. The van der Waals surface area contributed by atoms with Crippen molar-refractivity contribution in [3.8, 4) is 0 Å². The number of rotatable bonds is 5. The standard InChI is InChI=1S/C22H23N3O4S2/c1-30-18-6-2-5-17(13-18)23-22(27)16-4-3-11-25(14-16)31(28,29)19-8-9-20-15(12-19)7-10-21(26)24-20/h2,5-10,12-13,16H,3-4,11,14H2,1H3,(H,23,27)(H,24,26)/t16-/m1/s1. The summed E-state index contributed by atoms with van der Waals surface area (Å²) < 4.78 is 27.8. The zero-order chi connectivity index (χ0) is 22.0. The van der Waals surface area contributed by atoms with Crippen LogP contribution >= 0.6 is 11.8 Å². The topological polar surface area (TPSA) is 99.3 Å². The monoisotopic (exact) mass is 457 g/mol. The molecule has 31 heavy (non-hydrogen) atoms. The Morgan fingerprint density at radius 3 is 2.81 bits per heavy atom. The van der Waals surface area contributed by atoms with Crippen LogP contribution in [0.25, 0.3) is 10.9 Å². The van der Waals surface area contributed by atoms with E-state index in [-0.39, 0.29) is 22.9 Å². The number of aromatic nitrogens is 1. The van der Waals surface area contributed by atoms with E-state index in [9.17, 15) is 18.0 Å². The van der Waals surface area contributed by atoms with Crippen LogP contribution in [0.1, 0.15) is 12.8 Å². The SMILES string of the molecule is CSc1cccc(NC(=O)[C@@H]2CCCN(S(=O)(=O)c3ccc4[nH]c(=O)ccc4c3)C2)c1. The average molecular weight is 458 g/mol. The zero-order valence-corrected chi connectivity index (χ0v) is 18.6. The Bertz CT molecular complexity index is 1290. The lowest BCUT2D eigenvalue weighted by molar-refractivity contribution is -0.120. The minimum atomic E-state index is -3.76. The van der Waals surface area contributed by atoms with E-state index < -0.39 is 15.9 Å². The van der Waals surface area contributed by atoms with Crippen LogP contribution in [0.4, 0.5) is 5.69 Å². The highest BCUT2D eigenvalue weighted by molar-refractivity contribution is 7.98. The van der Waals surface area contributed by atoms with Crippen LogP contribution in [0.2, 0.25) is 0 Å². The summed E-state index contributed by atoms with van der Waals surface area (Å²) in [5.41, 5.74) is 1.05. The molecule has 1 saturated heterocycles. The number of anilines is 1. The number of fused-ring (bicyclic) bond motifs is 1. The molecule has 0 spiro atoms. The Labute approximate surface area is 184 Å². The molecule has 2 heterocycles. The molecule has 3 aromatic rings. The van der Waals surface area contributed by atoms with Gasteiger partial charge in [-0.25, -0.2) is 8.42 Å². The van der Waals surface area contributed by atoms with Crippen molar-refractivity contribution in [2.24, 2.45) is 5.92 Å². The molecule has 1 fully saturated rings. The third kappa shape index (κ3) is 4.68. The second-order valence-corrected chi connectivity index (χ2v) is 10.3. The first-order chi connectivity index (χ1) is 14.9. The summed E-state index contributed by atoms with van der Waals surface area (Å²) >= 11 is 1.59. The normalized spacial score (nSPS) is 17.5. The Hall–Kier alpha value is -2.62. The van der Waals surface area contributed by atoms with Gasteiger partial charge in [-0.2, -0.15) is 4.31 Å². The molecule has 1 aliphatic heterocycles. The molecule has 0 saturated carbocycles. The summed E-state index contributed by atoms with van der Waals surface area (Å²) in [6.45, 7) is 0.512. The number of hydrogen-bond donors (Lipinski definition) is 2. The number of H-pyrrole nitrogens is 1. The van der Waals surface area contributed by atoms with Gasteiger partial charge in [-0.15, -0.1) is 11.8 Å². The Kier molecular flexibility index (Phi) is 6.17. The molecule has 9 heteroatoms. The van der Waals surface area contributed by atoms with Crippen LogP contribution in [-0.4, -0.2) is 43.0 Å². The maximum Gasteiger partial charge on any atom is 0.248 e. The molecule has 0 bridgehead atoms. The Morgan fingerprint density at radius 1 is 1.16 bits per heavy atom. The van der Waals surface area contributed by atoms with Gasteiger partial charge in [-0.05, 0) is 66.9 Å². The van der Waals surface area contributed by atoms with E-state index in [0.29, 0.717) is 36.0 Å². The van der Waals surface area contributed by atoms with Crippen LogP contribution in [-0.2, 0) is 14.8 Å². The number of thioether (sulfide) groups is 1. The number of nitrogens with zero attached hydrogens (tertiary/aromatic N) is 1. The molecule has 4 rings (SSSR count). The predicted octanol–water partition coefficient (Wildman–Crippen LogP) is 3.29. The number of carbonyl (C=O) groups is 1. The van der Waals surface area contributed by atoms with E-state index in [0.717, 1.165) is 4.90 Å². The van der Waals surface area contributed by atoms with E-state index >= 15 is 0 Å². The summed E-state index contributed by atoms with van der Waals surface area (Å²) in [6.07, 6.45) is 3.22. The molecular weight excluding hydrogens is 434 g/mol.